The molecule has 2 rings (SSSR count). The smallest absolute Gasteiger partial charge is 0.108 e. The molecule has 4 heteroatoms. The van der Waals surface area contributed by atoms with E-state index in [4.69, 9.17) is 4.42 Å². The first-order valence-electron chi connectivity index (χ1n) is 6.46. The molecule has 0 saturated carbocycles. The Morgan fingerprint density at radius 2 is 2.28 bits per heavy atom. The van der Waals surface area contributed by atoms with Crippen LogP contribution in [0, 0.1) is 0 Å². The second-order valence-electron chi connectivity index (χ2n) is 4.48. The molecular formula is C14H21N3O. The summed E-state index contributed by atoms with van der Waals surface area (Å²) < 4.78 is 7.43. The minimum Gasteiger partial charge on any atom is -0.469 e. The van der Waals surface area contributed by atoms with E-state index >= 15 is 0 Å². The van der Waals surface area contributed by atoms with E-state index in [2.05, 4.69) is 29.5 Å². The van der Waals surface area contributed by atoms with Crippen molar-refractivity contribution in [3.63, 3.8) is 0 Å². The van der Waals surface area contributed by atoms with Gasteiger partial charge in [-0.25, -0.2) is 0 Å². The van der Waals surface area contributed by atoms with Crippen molar-refractivity contribution in [1.82, 2.24) is 15.1 Å². The number of aromatic nitrogens is 2. The number of hydrogen-bond acceptors (Lipinski definition) is 3. The highest BCUT2D eigenvalue weighted by atomic mass is 16.3. The van der Waals surface area contributed by atoms with Crippen LogP contribution in [-0.2, 0) is 19.9 Å². The third-order valence-electron chi connectivity index (χ3n) is 3.44. The molecule has 0 fully saturated rings. The summed E-state index contributed by atoms with van der Waals surface area (Å²) in [5.41, 5.74) is 2.54. The lowest BCUT2D eigenvalue weighted by Gasteiger charge is -2.16. The summed E-state index contributed by atoms with van der Waals surface area (Å²) in [4.78, 5) is 0. The van der Waals surface area contributed by atoms with E-state index in [1.165, 1.54) is 11.3 Å². The van der Waals surface area contributed by atoms with E-state index in [9.17, 15) is 0 Å². The molecule has 0 aliphatic heterocycles. The number of furan rings is 1. The molecule has 0 bridgehead atoms. The monoisotopic (exact) mass is 247 g/mol. The Labute approximate surface area is 108 Å². The molecule has 2 aromatic rings. The van der Waals surface area contributed by atoms with Gasteiger partial charge in [-0.1, -0.05) is 6.92 Å². The summed E-state index contributed by atoms with van der Waals surface area (Å²) in [5.74, 6) is 1.08. The largest absolute Gasteiger partial charge is 0.469 e. The highest BCUT2D eigenvalue weighted by Crippen LogP contribution is 2.23. The van der Waals surface area contributed by atoms with Crippen molar-refractivity contribution in [2.45, 2.75) is 32.2 Å². The maximum Gasteiger partial charge on any atom is 0.108 e. The van der Waals surface area contributed by atoms with E-state index < -0.39 is 0 Å². The van der Waals surface area contributed by atoms with Crippen LogP contribution in [0.5, 0.6) is 0 Å². The number of aryl methyl sites for hydroxylation is 3. The molecule has 2 heterocycles. The van der Waals surface area contributed by atoms with E-state index in [1.807, 2.05) is 25.0 Å². The van der Waals surface area contributed by atoms with Crippen LogP contribution < -0.4 is 5.32 Å². The summed E-state index contributed by atoms with van der Waals surface area (Å²) in [6.07, 6.45) is 6.62. The first-order valence-corrected chi connectivity index (χ1v) is 6.46. The SMILES string of the molecule is CCc1occc1C(CCc1ccnn1C)NC. The topological polar surface area (TPSA) is 43.0 Å². The highest BCUT2D eigenvalue weighted by molar-refractivity contribution is 5.21. The van der Waals surface area contributed by atoms with E-state index in [0.717, 1.165) is 25.0 Å². The molecule has 1 N–H and O–H groups in total. The van der Waals surface area contributed by atoms with Crippen LogP contribution in [-0.4, -0.2) is 16.8 Å². The van der Waals surface area contributed by atoms with Crippen molar-refractivity contribution >= 4 is 0 Å². The second kappa shape index (κ2) is 5.87. The van der Waals surface area contributed by atoms with Gasteiger partial charge in [-0.15, -0.1) is 0 Å². The Morgan fingerprint density at radius 3 is 2.89 bits per heavy atom. The highest BCUT2D eigenvalue weighted by Gasteiger charge is 2.15. The Bertz CT molecular complexity index is 487. The predicted octanol–water partition coefficient (Wildman–Crippen LogP) is 2.47. The van der Waals surface area contributed by atoms with Gasteiger partial charge in [0.1, 0.15) is 5.76 Å². The van der Waals surface area contributed by atoms with Gasteiger partial charge in [-0.2, -0.15) is 5.10 Å². The quantitative estimate of drug-likeness (QED) is 0.852. The fraction of sp³-hybridized carbons (Fsp3) is 0.500. The molecule has 18 heavy (non-hydrogen) atoms. The molecule has 0 saturated heterocycles. The van der Waals surface area contributed by atoms with Gasteiger partial charge in [0.25, 0.3) is 0 Å². The Morgan fingerprint density at radius 1 is 1.44 bits per heavy atom. The van der Waals surface area contributed by atoms with Crippen molar-refractivity contribution in [3.05, 3.63) is 41.6 Å². The van der Waals surface area contributed by atoms with E-state index in [-0.39, 0.29) is 0 Å². The maximum atomic E-state index is 5.50. The van der Waals surface area contributed by atoms with Crippen LogP contribution >= 0.6 is 0 Å². The van der Waals surface area contributed by atoms with Crippen LogP contribution in [0.4, 0.5) is 0 Å². The third kappa shape index (κ3) is 2.64. The first-order chi connectivity index (χ1) is 8.76. The minimum atomic E-state index is 0.341. The number of hydrogen-bond donors (Lipinski definition) is 1. The van der Waals surface area contributed by atoms with Gasteiger partial charge in [0, 0.05) is 37.0 Å². The molecule has 0 aliphatic carbocycles. The van der Waals surface area contributed by atoms with Crippen LogP contribution in [0.15, 0.2) is 29.0 Å². The van der Waals surface area contributed by atoms with Crippen LogP contribution in [0.3, 0.4) is 0 Å². The second-order valence-corrected chi connectivity index (χ2v) is 4.48. The summed E-state index contributed by atoms with van der Waals surface area (Å²) in [6.45, 7) is 2.12. The van der Waals surface area contributed by atoms with Crippen LogP contribution in [0.2, 0.25) is 0 Å². The van der Waals surface area contributed by atoms with Crippen molar-refractivity contribution in [2.75, 3.05) is 7.05 Å². The fourth-order valence-electron chi connectivity index (χ4n) is 2.34. The Kier molecular flexibility index (Phi) is 4.20. The van der Waals surface area contributed by atoms with Crippen molar-refractivity contribution in [3.8, 4) is 0 Å². The van der Waals surface area contributed by atoms with Gasteiger partial charge in [-0.3, -0.25) is 4.68 Å². The minimum absolute atomic E-state index is 0.341. The maximum absolute atomic E-state index is 5.50. The Balaban J connectivity index is 2.04. The summed E-state index contributed by atoms with van der Waals surface area (Å²) in [5, 5.41) is 7.57. The van der Waals surface area contributed by atoms with Gasteiger partial charge in [0.15, 0.2) is 0 Å². The zero-order chi connectivity index (χ0) is 13.0. The fourth-order valence-corrected chi connectivity index (χ4v) is 2.34. The van der Waals surface area contributed by atoms with Crippen molar-refractivity contribution in [2.24, 2.45) is 7.05 Å². The molecule has 0 amide bonds. The predicted molar refractivity (Wildman–Crippen MR) is 71.4 cm³/mol. The van der Waals surface area contributed by atoms with E-state index in [1.54, 1.807) is 6.26 Å². The van der Waals surface area contributed by atoms with Gasteiger partial charge in [-0.05, 0) is 32.0 Å². The molecule has 0 aliphatic rings. The summed E-state index contributed by atoms with van der Waals surface area (Å²) in [6, 6.07) is 4.49. The van der Waals surface area contributed by atoms with Crippen molar-refractivity contribution in [1.29, 1.82) is 0 Å². The standard InChI is InChI=1S/C14H21N3O/c1-4-14-12(8-10-18-14)13(15-2)6-5-11-7-9-16-17(11)3/h7-10,13,15H,4-6H2,1-3H3. The van der Waals surface area contributed by atoms with Crippen LogP contribution in [0.25, 0.3) is 0 Å². The van der Waals surface area contributed by atoms with Crippen LogP contribution in [0.1, 0.15) is 36.4 Å². The van der Waals surface area contributed by atoms with Gasteiger partial charge >= 0.3 is 0 Å². The third-order valence-corrected chi connectivity index (χ3v) is 3.44. The number of nitrogens with zero attached hydrogens (tertiary/aromatic N) is 2. The van der Waals surface area contributed by atoms with Gasteiger partial charge in [0.2, 0.25) is 0 Å². The number of nitrogens with one attached hydrogen (secondary N) is 1. The normalized spacial score (nSPS) is 12.8. The lowest BCUT2D eigenvalue weighted by molar-refractivity contribution is 0.483. The average Bonchev–Trinajstić information content (AvgIpc) is 2.99. The molecular weight excluding hydrogens is 226 g/mol. The van der Waals surface area contributed by atoms with Crippen molar-refractivity contribution < 1.29 is 4.42 Å². The van der Waals surface area contributed by atoms with E-state index in [0.29, 0.717) is 6.04 Å². The molecule has 0 spiro atoms. The molecule has 0 radical (unpaired) electrons. The summed E-state index contributed by atoms with van der Waals surface area (Å²) in [7, 11) is 3.99. The first kappa shape index (κ1) is 12.9. The molecule has 4 nitrogen and oxygen atoms in total. The van der Waals surface area contributed by atoms with Gasteiger partial charge in [0.05, 0.1) is 6.26 Å². The average molecular weight is 247 g/mol. The molecule has 98 valence electrons. The van der Waals surface area contributed by atoms with Gasteiger partial charge < -0.3 is 9.73 Å². The molecule has 0 aromatic carbocycles. The lowest BCUT2D eigenvalue weighted by atomic mass is 10.0. The summed E-state index contributed by atoms with van der Waals surface area (Å²) >= 11 is 0. The molecule has 1 atom stereocenters. The zero-order valence-corrected chi connectivity index (χ0v) is 11.3. The lowest BCUT2D eigenvalue weighted by Crippen LogP contribution is -2.18. The number of rotatable bonds is 6. The zero-order valence-electron chi connectivity index (χ0n) is 11.3. The molecule has 2 aromatic heterocycles. The Hall–Kier alpha value is -1.55. The molecule has 1 unspecified atom stereocenters.